The van der Waals surface area contributed by atoms with Crippen LogP contribution in [0.4, 0.5) is 0 Å². The summed E-state index contributed by atoms with van der Waals surface area (Å²) in [4.78, 5) is 14.8. The standard InChI is InChI=1S/C20H21NO/c22-20(18-11-5-2-6-12-18)15-19-13-7-8-14-21(19)16-17-9-3-1-4-10-17/h1-6,9-12,15H,7-8,13-14,16H2/b19-15-. The lowest BCUT2D eigenvalue weighted by Gasteiger charge is -2.31. The van der Waals surface area contributed by atoms with Crippen LogP contribution < -0.4 is 0 Å². The molecule has 3 rings (SSSR count). The maximum Gasteiger partial charge on any atom is 0.187 e. The molecule has 1 aliphatic heterocycles. The molecule has 0 saturated carbocycles. The lowest BCUT2D eigenvalue weighted by molar-refractivity contribution is 0.104. The molecular formula is C20H21NO. The van der Waals surface area contributed by atoms with Crippen molar-refractivity contribution in [2.75, 3.05) is 6.54 Å². The van der Waals surface area contributed by atoms with Crippen LogP contribution >= 0.6 is 0 Å². The van der Waals surface area contributed by atoms with E-state index in [9.17, 15) is 4.79 Å². The number of allylic oxidation sites excluding steroid dienone is 2. The van der Waals surface area contributed by atoms with Gasteiger partial charge in [0, 0.05) is 30.4 Å². The number of ketones is 1. The molecule has 112 valence electrons. The lowest BCUT2D eigenvalue weighted by Crippen LogP contribution is -2.28. The molecule has 1 fully saturated rings. The fraction of sp³-hybridized carbons (Fsp3) is 0.250. The molecule has 22 heavy (non-hydrogen) atoms. The highest BCUT2D eigenvalue weighted by molar-refractivity contribution is 6.04. The van der Waals surface area contributed by atoms with Gasteiger partial charge in [-0.05, 0) is 24.8 Å². The van der Waals surface area contributed by atoms with Crippen molar-refractivity contribution in [1.29, 1.82) is 0 Å². The molecule has 1 heterocycles. The third-order valence-electron chi connectivity index (χ3n) is 4.09. The van der Waals surface area contributed by atoms with Crippen molar-refractivity contribution >= 4 is 5.78 Å². The average Bonchev–Trinajstić information content (AvgIpc) is 2.58. The Labute approximate surface area is 132 Å². The number of likely N-dealkylation sites (tertiary alicyclic amines) is 1. The van der Waals surface area contributed by atoms with Gasteiger partial charge in [-0.2, -0.15) is 0 Å². The van der Waals surface area contributed by atoms with Crippen LogP contribution in [0.2, 0.25) is 0 Å². The van der Waals surface area contributed by atoms with Gasteiger partial charge in [0.05, 0.1) is 0 Å². The molecule has 0 N–H and O–H groups in total. The Morgan fingerprint density at radius 1 is 0.955 bits per heavy atom. The molecule has 0 unspecified atom stereocenters. The van der Waals surface area contributed by atoms with Gasteiger partial charge < -0.3 is 4.90 Å². The Kier molecular flexibility index (Phi) is 4.69. The third-order valence-corrected chi connectivity index (χ3v) is 4.09. The zero-order chi connectivity index (χ0) is 15.2. The first-order valence-corrected chi connectivity index (χ1v) is 7.92. The Morgan fingerprint density at radius 3 is 2.36 bits per heavy atom. The van der Waals surface area contributed by atoms with Crippen LogP contribution in [0.5, 0.6) is 0 Å². The van der Waals surface area contributed by atoms with Gasteiger partial charge in [-0.3, -0.25) is 4.79 Å². The molecule has 0 bridgehead atoms. The fourth-order valence-electron chi connectivity index (χ4n) is 2.90. The topological polar surface area (TPSA) is 20.3 Å². The molecule has 2 aromatic rings. The van der Waals surface area contributed by atoms with Crippen molar-refractivity contribution in [2.24, 2.45) is 0 Å². The van der Waals surface area contributed by atoms with E-state index in [1.807, 2.05) is 42.5 Å². The summed E-state index contributed by atoms with van der Waals surface area (Å²) in [5, 5.41) is 0. The van der Waals surface area contributed by atoms with Crippen LogP contribution in [0.25, 0.3) is 0 Å². The largest absolute Gasteiger partial charge is 0.370 e. The Bertz CT molecular complexity index is 646. The molecule has 2 aromatic carbocycles. The molecule has 0 amide bonds. The average molecular weight is 291 g/mol. The van der Waals surface area contributed by atoms with Crippen LogP contribution in [-0.2, 0) is 6.54 Å². The Balaban J connectivity index is 1.77. The SMILES string of the molecule is O=C(/C=C1/CCCCN1Cc1ccccc1)c1ccccc1. The number of nitrogens with zero attached hydrogens (tertiary/aromatic N) is 1. The van der Waals surface area contributed by atoms with Crippen molar-refractivity contribution in [1.82, 2.24) is 4.90 Å². The number of hydrogen-bond donors (Lipinski definition) is 0. The highest BCUT2D eigenvalue weighted by atomic mass is 16.1. The third kappa shape index (κ3) is 3.64. The van der Waals surface area contributed by atoms with E-state index in [1.54, 1.807) is 0 Å². The number of benzene rings is 2. The second-order valence-corrected chi connectivity index (χ2v) is 5.73. The van der Waals surface area contributed by atoms with Crippen LogP contribution in [0.15, 0.2) is 72.4 Å². The minimum atomic E-state index is 0.107. The van der Waals surface area contributed by atoms with E-state index >= 15 is 0 Å². The second kappa shape index (κ2) is 7.08. The molecular weight excluding hydrogens is 270 g/mol. The maximum atomic E-state index is 12.4. The predicted octanol–water partition coefficient (Wildman–Crippen LogP) is 4.44. The van der Waals surface area contributed by atoms with Crippen molar-refractivity contribution in [2.45, 2.75) is 25.8 Å². The van der Waals surface area contributed by atoms with E-state index < -0.39 is 0 Å². The van der Waals surface area contributed by atoms with E-state index in [0.29, 0.717) is 0 Å². The second-order valence-electron chi connectivity index (χ2n) is 5.73. The normalized spacial score (nSPS) is 16.7. The molecule has 1 aliphatic rings. The number of carbonyl (C=O) groups excluding carboxylic acids is 1. The summed E-state index contributed by atoms with van der Waals surface area (Å²) in [7, 11) is 0. The first kappa shape index (κ1) is 14.6. The minimum Gasteiger partial charge on any atom is -0.370 e. The van der Waals surface area contributed by atoms with Crippen LogP contribution in [0.3, 0.4) is 0 Å². The van der Waals surface area contributed by atoms with Crippen LogP contribution in [0, 0.1) is 0 Å². The molecule has 0 aromatic heterocycles. The van der Waals surface area contributed by atoms with Gasteiger partial charge in [0.2, 0.25) is 0 Å². The molecule has 0 atom stereocenters. The molecule has 0 spiro atoms. The maximum absolute atomic E-state index is 12.4. The lowest BCUT2D eigenvalue weighted by atomic mass is 10.0. The molecule has 1 saturated heterocycles. The van der Waals surface area contributed by atoms with E-state index in [1.165, 1.54) is 24.1 Å². The quantitative estimate of drug-likeness (QED) is 0.613. The Morgan fingerprint density at radius 2 is 1.64 bits per heavy atom. The molecule has 2 nitrogen and oxygen atoms in total. The van der Waals surface area contributed by atoms with Gasteiger partial charge in [-0.1, -0.05) is 60.7 Å². The summed E-state index contributed by atoms with van der Waals surface area (Å²) in [6, 6.07) is 20.0. The van der Waals surface area contributed by atoms with Gasteiger partial charge in [-0.15, -0.1) is 0 Å². The summed E-state index contributed by atoms with van der Waals surface area (Å²) in [5.41, 5.74) is 3.23. The minimum absolute atomic E-state index is 0.107. The van der Waals surface area contributed by atoms with Gasteiger partial charge in [-0.25, -0.2) is 0 Å². The summed E-state index contributed by atoms with van der Waals surface area (Å²) < 4.78 is 0. The van der Waals surface area contributed by atoms with Crippen molar-refractivity contribution in [3.05, 3.63) is 83.6 Å². The molecule has 0 aliphatic carbocycles. The van der Waals surface area contributed by atoms with Gasteiger partial charge in [0.25, 0.3) is 0 Å². The Hall–Kier alpha value is -2.35. The first-order valence-electron chi connectivity index (χ1n) is 7.92. The number of piperidine rings is 1. The molecule has 0 radical (unpaired) electrons. The van der Waals surface area contributed by atoms with Crippen LogP contribution in [-0.4, -0.2) is 17.2 Å². The number of carbonyl (C=O) groups is 1. The van der Waals surface area contributed by atoms with Crippen molar-refractivity contribution in [3.8, 4) is 0 Å². The highest BCUT2D eigenvalue weighted by Gasteiger charge is 2.16. The highest BCUT2D eigenvalue weighted by Crippen LogP contribution is 2.23. The van der Waals surface area contributed by atoms with E-state index in [4.69, 9.17) is 0 Å². The fourth-order valence-corrected chi connectivity index (χ4v) is 2.90. The zero-order valence-corrected chi connectivity index (χ0v) is 12.7. The smallest absolute Gasteiger partial charge is 0.187 e. The molecule has 2 heteroatoms. The predicted molar refractivity (Wildman–Crippen MR) is 89.6 cm³/mol. The van der Waals surface area contributed by atoms with Crippen molar-refractivity contribution < 1.29 is 4.79 Å². The summed E-state index contributed by atoms with van der Waals surface area (Å²) >= 11 is 0. The van der Waals surface area contributed by atoms with Gasteiger partial charge in [0.15, 0.2) is 5.78 Å². The number of hydrogen-bond acceptors (Lipinski definition) is 2. The van der Waals surface area contributed by atoms with Gasteiger partial charge in [0.1, 0.15) is 0 Å². The van der Waals surface area contributed by atoms with E-state index in [-0.39, 0.29) is 5.78 Å². The summed E-state index contributed by atoms with van der Waals surface area (Å²) in [5.74, 6) is 0.107. The summed E-state index contributed by atoms with van der Waals surface area (Å²) in [6.07, 6.45) is 5.19. The van der Waals surface area contributed by atoms with E-state index in [0.717, 1.165) is 25.1 Å². The van der Waals surface area contributed by atoms with Gasteiger partial charge >= 0.3 is 0 Å². The first-order chi connectivity index (χ1) is 10.8. The monoisotopic (exact) mass is 291 g/mol. The summed E-state index contributed by atoms with van der Waals surface area (Å²) in [6.45, 7) is 1.91. The van der Waals surface area contributed by atoms with Crippen molar-refractivity contribution in [3.63, 3.8) is 0 Å². The number of rotatable bonds is 4. The van der Waals surface area contributed by atoms with Crippen LogP contribution in [0.1, 0.15) is 35.2 Å². The zero-order valence-electron chi connectivity index (χ0n) is 12.7. The van der Waals surface area contributed by atoms with E-state index in [2.05, 4.69) is 29.2 Å².